The van der Waals surface area contributed by atoms with Gasteiger partial charge in [-0.1, -0.05) is 36.4 Å². The lowest BCUT2D eigenvalue weighted by Crippen LogP contribution is -2.51. The number of halogens is 3. The zero-order valence-electron chi connectivity index (χ0n) is 15.5. The summed E-state index contributed by atoms with van der Waals surface area (Å²) < 4.78 is 68.3. The summed E-state index contributed by atoms with van der Waals surface area (Å²) in [6, 6.07) is 8.23. The summed E-state index contributed by atoms with van der Waals surface area (Å²) in [6.07, 6.45) is -5.07. The van der Waals surface area contributed by atoms with Crippen LogP contribution in [-0.4, -0.2) is 26.2 Å². The maximum Gasteiger partial charge on any atom is 0.422 e. The van der Waals surface area contributed by atoms with Gasteiger partial charge < -0.3 is 5.11 Å². The predicted molar refractivity (Wildman–Crippen MR) is 97.0 cm³/mol. The van der Waals surface area contributed by atoms with Crippen LogP contribution in [0.15, 0.2) is 41.3 Å². The van der Waals surface area contributed by atoms with Crippen LogP contribution < -0.4 is 4.72 Å². The molecule has 0 fully saturated rings. The number of alkyl halides is 3. The highest BCUT2D eigenvalue weighted by atomic mass is 32.2. The predicted octanol–water partition coefficient (Wildman–Crippen LogP) is 3.65. The smallest absolute Gasteiger partial charge is 0.375 e. The number of hydrogen-bond donors (Lipinski definition) is 2. The molecular formula is C19H22F3NO3S. The summed E-state index contributed by atoms with van der Waals surface area (Å²) in [6.45, 7) is 5.44. The molecule has 0 aliphatic rings. The van der Waals surface area contributed by atoms with Gasteiger partial charge in [0.2, 0.25) is 10.0 Å². The van der Waals surface area contributed by atoms with Gasteiger partial charge in [-0.05, 0) is 55.5 Å². The Kier molecular flexibility index (Phi) is 5.75. The first-order valence-corrected chi connectivity index (χ1v) is 9.71. The van der Waals surface area contributed by atoms with Gasteiger partial charge in [-0.15, -0.1) is 0 Å². The van der Waals surface area contributed by atoms with Gasteiger partial charge in [-0.3, -0.25) is 0 Å². The summed E-state index contributed by atoms with van der Waals surface area (Å²) in [5.74, 6) is 0. The Morgan fingerprint density at radius 1 is 0.963 bits per heavy atom. The second kappa shape index (κ2) is 7.26. The first kappa shape index (κ1) is 21.4. The highest BCUT2D eigenvalue weighted by Crippen LogP contribution is 2.39. The second-order valence-corrected chi connectivity index (χ2v) is 8.34. The van der Waals surface area contributed by atoms with Gasteiger partial charge in [0.05, 0.1) is 11.4 Å². The fourth-order valence-electron chi connectivity index (χ4n) is 2.94. The SMILES string of the molecule is Cc1cc(C)c(C)c(S(=O)(=O)NCC(O)(c2ccccc2)C(F)(F)F)c1C. The van der Waals surface area contributed by atoms with Crippen molar-refractivity contribution in [2.24, 2.45) is 0 Å². The van der Waals surface area contributed by atoms with Crippen molar-refractivity contribution >= 4 is 10.0 Å². The van der Waals surface area contributed by atoms with E-state index in [4.69, 9.17) is 0 Å². The second-order valence-electron chi connectivity index (χ2n) is 6.64. The number of rotatable bonds is 5. The highest BCUT2D eigenvalue weighted by Gasteiger charge is 2.55. The van der Waals surface area contributed by atoms with E-state index in [0.29, 0.717) is 22.3 Å². The molecule has 27 heavy (non-hydrogen) atoms. The highest BCUT2D eigenvalue weighted by molar-refractivity contribution is 7.89. The van der Waals surface area contributed by atoms with Crippen LogP contribution in [0.1, 0.15) is 27.8 Å². The van der Waals surface area contributed by atoms with Crippen LogP contribution in [0.25, 0.3) is 0 Å². The van der Waals surface area contributed by atoms with Crippen molar-refractivity contribution in [1.82, 2.24) is 4.72 Å². The van der Waals surface area contributed by atoms with E-state index in [1.807, 2.05) is 10.8 Å². The van der Waals surface area contributed by atoms with Crippen LogP contribution in [0.3, 0.4) is 0 Å². The minimum atomic E-state index is -5.07. The average Bonchev–Trinajstić information content (AvgIpc) is 2.58. The van der Waals surface area contributed by atoms with Gasteiger partial charge in [-0.25, -0.2) is 13.1 Å². The lowest BCUT2D eigenvalue weighted by Gasteiger charge is -2.31. The van der Waals surface area contributed by atoms with E-state index < -0.39 is 33.9 Å². The molecule has 0 aliphatic heterocycles. The van der Waals surface area contributed by atoms with Crippen molar-refractivity contribution in [2.45, 2.75) is 44.4 Å². The number of hydrogen-bond acceptors (Lipinski definition) is 3. The molecule has 0 aliphatic carbocycles. The van der Waals surface area contributed by atoms with E-state index >= 15 is 0 Å². The van der Waals surface area contributed by atoms with Crippen LogP contribution in [0, 0.1) is 27.7 Å². The molecule has 0 bridgehead atoms. The van der Waals surface area contributed by atoms with Crippen molar-refractivity contribution in [3.63, 3.8) is 0 Å². The maximum absolute atomic E-state index is 13.6. The third-order valence-electron chi connectivity index (χ3n) is 4.80. The minimum Gasteiger partial charge on any atom is -0.375 e. The van der Waals surface area contributed by atoms with Crippen LogP contribution in [0.5, 0.6) is 0 Å². The minimum absolute atomic E-state index is 0.0578. The van der Waals surface area contributed by atoms with Crippen molar-refractivity contribution in [3.05, 3.63) is 64.2 Å². The molecule has 1 unspecified atom stereocenters. The van der Waals surface area contributed by atoms with Crippen molar-refractivity contribution in [3.8, 4) is 0 Å². The molecule has 0 amide bonds. The average molecular weight is 401 g/mol. The quantitative estimate of drug-likeness (QED) is 0.804. The third-order valence-corrected chi connectivity index (χ3v) is 6.48. The molecule has 2 rings (SSSR count). The molecule has 8 heteroatoms. The van der Waals surface area contributed by atoms with Crippen LogP contribution >= 0.6 is 0 Å². The van der Waals surface area contributed by atoms with Gasteiger partial charge in [0.25, 0.3) is 0 Å². The standard InChI is InChI=1S/C19H22F3NO3S/c1-12-10-13(2)15(4)17(14(12)3)27(25,26)23-11-18(24,19(20,21)22)16-8-6-5-7-9-16/h5-10,23-24H,11H2,1-4H3. The Bertz CT molecular complexity index is 915. The first-order valence-electron chi connectivity index (χ1n) is 8.23. The topological polar surface area (TPSA) is 66.4 Å². The normalized spacial score (nSPS) is 14.8. The molecule has 0 spiro atoms. The Morgan fingerprint density at radius 3 is 1.89 bits per heavy atom. The molecule has 0 saturated carbocycles. The molecule has 1 atom stereocenters. The number of sulfonamides is 1. The summed E-state index contributed by atoms with van der Waals surface area (Å²) >= 11 is 0. The number of aliphatic hydroxyl groups is 1. The molecule has 2 N–H and O–H groups in total. The van der Waals surface area contributed by atoms with E-state index in [0.717, 1.165) is 12.1 Å². The van der Waals surface area contributed by atoms with E-state index in [1.165, 1.54) is 18.2 Å². The Labute approximate surface area is 157 Å². The molecule has 0 radical (unpaired) electrons. The number of nitrogens with one attached hydrogen (secondary N) is 1. The maximum atomic E-state index is 13.6. The summed E-state index contributed by atoms with van der Waals surface area (Å²) in [5.41, 5.74) is -1.43. The van der Waals surface area contributed by atoms with Crippen molar-refractivity contribution < 1.29 is 26.7 Å². The first-order chi connectivity index (χ1) is 12.3. The molecule has 148 valence electrons. The molecule has 0 aromatic heterocycles. The lowest BCUT2D eigenvalue weighted by molar-refractivity contribution is -0.263. The molecule has 0 saturated heterocycles. The molecular weight excluding hydrogens is 379 g/mol. The fourth-order valence-corrected chi connectivity index (χ4v) is 4.61. The molecule has 2 aromatic carbocycles. The number of aryl methyl sites for hydroxylation is 2. The Hall–Kier alpha value is -1.90. The zero-order valence-corrected chi connectivity index (χ0v) is 16.3. The van der Waals surface area contributed by atoms with Crippen LogP contribution in [0.4, 0.5) is 13.2 Å². The van der Waals surface area contributed by atoms with Crippen molar-refractivity contribution in [1.29, 1.82) is 0 Å². The Balaban J connectivity index is 2.47. The van der Waals surface area contributed by atoms with E-state index in [1.54, 1.807) is 27.7 Å². The zero-order chi connectivity index (χ0) is 20.6. The van der Waals surface area contributed by atoms with E-state index in [9.17, 15) is 26.7 Å². The summed E-state index contributed by atoms with van der Waals surface area (Å²) in [5, 5.41) is 10.3. The van der Waals surface area contributed by atoms with Crippen LogP contribution in [0.2, 0.25) is 0 Å². The summed E-state index contributed by atoms with van der Waals surface area (Å²) in [4.78, 5) is -0.0578. The monoisotopic (exact) mass is 401 g/mol. The van der Waals surface area contributed by atoms with Gasteiger partial charge in [0.15, 0.2) is 5.60 Å². The third kappa shape index (κ3) is 4.02. The van der Waals surface area contributed by atoms with Gasteiger partial charge >= 0.3 is 6.18 Å². The largest absolute Gasteiger partial charge is 0.422 e. The number of benzene rings is 2. The molecule has 4 nitrogen and oxygen atoms in total. The van der Waals surface area contributed by atoms with Gasteiger partial charge in [0.1, 0.15) is 0 Å². The van der Waals surface area contributed by atoms with Crippen LogP contribution in [-0.2, 0) is 15.6 Å². The Morgan fingerprint density at radius 2 is 1.44 bits per heavy atom. The van der Waals surface area contributed by atoms with Gasteiger partial charge in [0, 0.05) is 0 Å². The molecule has 2 aromatic rings. The fraction of sp³-hybridized carbons (Fsp3) is 0.368. The summed E-state index contributed by atoms with van der Waals surface area (Å²) in [7, 11) is -4.28. The van der Waals surface area contributed by atoms with Gasteiger partial charge in [-0.2, -0.15) is 13.2 Å². The van der Waals surface area contributed by atoms with E-state index in [2.05, 4.69) is 0 Å². The molecule has 0 heterocycles. The van der Waals surface area contributed by atoms with Crippen molar-refractivity contribution in [2.75, 3.05) is 6.54 Å². The van der Waals surface area contributed by atoms with E-state index in [-0.39, 0.29) is 4.90 Å². The lowest BCUT2D eigenvalue weighted by atomic mass is 9.93.